The van der Waals surface area contributed by atoms with Crippen LogP contribution in [0.4, 0.5) is 4.79 Å². The summed E-state index contributed by atoms with van der Waals surface area (Å²) in [6, 6.07) is 3.40. The third-order valence-electron chi connectivity index (χ3n) is 4.48. The van der Waals surface area contributed by atoms with Gasteiger partial charge in [0.05, 0.1) is 26.3 Å². The van der Waals surface area contributed by atoms with Crippen LogP contribution >= 0.6 is 0 Å². The number of methoxy groups -OCH3 is 2. The van der Waals surface area contributed by atoms with Gasteiger partial charge in [-0.1, -0.05) is 0 Å². The minimum atomic E-state index is -0.882. The minimum absolute atomic E-state index is 0.0619. The molecule has 1 heterocycles. The van der Waals surface area contributed by atoms with E-state index in [1.54, 1.807) is 20.8 Å². The molecule has 0 bridgehead atoms. The van der Waals surface area contributed by atoms with Crippen molar-refractivity contribution in [3.63, 3.8) is 0 Å². The minimum Gasteiger partial charge on any atom is -0.488 e. The predicted octanol–water partition coefficient (Wildman–Crippen LogP) is 1.76. The summed E-state index contributed by atoms with van der Waals surface area (Å²) >= 11 is 0. The van der Waals surface area contributed by atoms with Gasteiger partial charge in [-0.25, -0.2) is 14.4 Å². The van der Waals surface area contributed by atoms with Crippen molar-refractivity contribution in [3.8, 4) is 5.75 Å². The molecule has 10 heteroatoms. The molecule has 0 spiro atoms. The first-order valence-corrected chi connectivity index (χ1v) is 9.68. The first-order valence-electron chi connectivity index (χ1n) is 9.68. The van der Waals surface area contributed by atoms with Crippen LogP contribution in [0, 0.1) is 0 Å². The maximum absolute atomic E-state index is 12.6. The number of carbonyl (C=O) groups is 4. The number of nitrogens with zero attached hydrogens (tertiary/aromatic N) is 1. The zero-order valence-electron chi connectivity index (χ0n) is 18.5. The second-order valence-corrected chi connectivity index (χ2v) is 7.96. The lowest BCUT2D eigenvalue weighted by Gasteiger charge is -2.27. The molecule has 1 aromatic rings. The molecule has 2 atom stereocenters. The normalized spacial score (nSPS) is 18.2. The van der Waals surface area contributed by atoms with Crippen LogP contribution in [0.1, 0.15) is 47.9 Å². The lowest BCUT2D eigenvalue weighted by atomic mass is 10.1. The van der Waals surface area contributed by atoms with E-state index in [9.17, 15) is 19.2 Å². The highest BCUT2D eigenvalue weighted by Gasteiger charge is 2.43. The maximum atomic E-state index is 12.6. The molecule has 31 heavy (non-hydrogen) atoms. The SMILES string of the molecule is CNC(=O)c1cc(O[C@H]2C[C@@H](C(=O)OC)N(C(=O)OC(C)(C)C)C2)cc(C(=O)OC)c1. The number of nitrogens with one attached hydrogen (secondary N) is 1. The molecule has 1 fully saturated rings. The lowest BCUT2D eigenvalue weighted by molar-refractivity contribution is -0.145. The Morgan fingerprint density at radius 1 is 1.03 bits per heavy atom. The highest BCUT2D eigenvalue weighted by molar-refractivity contribution is 5.98. The Morgan fingerprint density at radius 3 is 2.23 bits per heavy atom. The van der Waals surface area contributed by atoms with Crippen molar-refractivity contribution >= 4 is 23.9 Å². The van der Waals surface area contributed by atoms with Crippen LogP contribution in [-0.4, -0.2) is 74.4 Å². The summed E-state index contributed by atoms with van der Waals surface area (Å²) in [6.45, 7) is 5.23. The van der Waals surface area contributed by atoms with Crippen molar-refractivity contribution in [1.82, 2.24) is 10.2 Å². The van der Waals surface area contributed by atoms with Crippen molar-refractivity contribution in [2.24, 2.45) is 0 Å². The van der Waals surface area contributed by atoms with Crippen molar-refractivity contribution in [2.75, 3.05) is 27.8 Å². The monoisotopic (exact) mass is 436 g/mol. The number of likely N-dealkylation sites (tertiary alicyclic amines) is 1. The predicted molar refractivity (Wildman–Crippen MR) is 109 cm³/mol. The van der Waals surface area contributed by atoms with Crippen LogP contribution < -0.4 is 10.1 Å². The van der Waals surface area contributed by atoms with Crippen molar-refractivity contribution in [2.45, 2.75) is 44.9 Å². The number of hydrogen-bond donors (Lipinski definition) is 1. The Kier molecular flexibility index (Phi) is 7.48. The number of hydrogen-bond acceptors (Lipinski definition) is 8. The van der Waals surface area contributed by atoms with Crippen LogP contribution in [-0.2, 0) is 19.0 Å². The number of benzene rings is 1. The van der Waals surface area contributed by atoms with Crippen molar-refractivity contribution in [3.05, 3.63) is 29.3 Å². The fourth-order valence-electron chi connectivity index (χ4n) is 3.14. The number of rotatable bonds is 5. The van der Waals surface area contributed by atoms with Gasteiger partial charge in [-0.15, -0.1) is 0 Å². The molecule has 1 aromatic carbocycles. The molecule has 0 unspecified atom stereocenters. The molecule has 170 valence electrons. The van der Waals surface area contributed by atoms with E-state index in [1.165, 1.54) is 44.4 Å². The van der Waals surface area contributed by atoms with Crippen LogP contribution in [0.25, 0.3) is 0 Å². The number of carbonyl (C=O) groups excluding carboxylic acids is 4. The molecule has 1 aliphatic heterocycles. The van der Waals surface area contributed by atoms with Gasteiger partial charge < -0.3 is 24.3 Å². The van der Waals surface area contributed by atoms with Gasteiger partial charge in [-0.2, -0.15) is 0 Å². The standard InChI is InChI=1S/C21H28N2O8/c1-21(2,3)31-20(27)23-11-15(10-16(23)19(26)29-6)30-14-8-12(17(24)22-4)7-13(9-14)18(25)28-5/h7-9,15-16H,10-11H2,1-6H3,(H,22,24)/t15-,16-/m0/s1. The average molecular weight is 436 g/mol. The molecule has 2 amide bonds. The van der Waals surface area contributed by atoms with Crippen molar-refractivity contribution < 1.29 is 38.1 Å². The van der Waals surface area contributed by atoms with E-state index in [0.717, 1.165) is 0 Å². The van der Waals surface area contributed by atoms with Gasteiger partial charge in [0.25, 0.3) is 5.91 Å². The molecule has 2 rings (SSSR count). The molecule has 1 N–H and O–H groups in total. The van der Waals surface area contributed by atoms with Crippen LogP contribution in [0.5, 0.6) is 5.75 Å². The van der Waals surface area contributed by atoms with Gasteiger partial charge in [-0.05, 0) is 39.0 Å². The van der Waals surface area contributed by atoms with Gasteiger partial charge in [-0.3, -0.25) is 9.69 Å². The topological polar surface area (TPSA) is 120 Å². The van der Waals surface area contributed by atoms with Crippen LogP contribution in [0.15, 0.2) is 18.2 Å². The summed E-state index contributed by atoms with van der Waals surface area (Å²) in [5.41, 5.74) is -0.412. The van der Waals surface area contributed by atoms with Gasteiger partial charge in [0.2, 0.25) is 0 Å². The molecule has 0 saturated carbocycles. The first-order chi connectivity index (χ1) is 14.5. The van der Waals surface area contributed by atoms with E-state index in [0.29, 0.717) is 0 Å². The Hall–Kier alpha value is -3.30. The highest BCUT2D eigenvalue weighted by atomic mass is 16.6. The fraction of sp³-hybridized carbons (Fsp3) is 0.524. The summed E-state index contributed by atoms with van der Waals surface area (Å²) in [5, 5.41) is 2.48. The molecule has 1 aliphatic rings. The Bertz CT molecular complexity index is 827. The lowest BCUT2D eigenvalue weighted by Crippen LogP contribution is -2.44. The summed E-state index contributed by atoms with van der Waals surface area (Å²) in [7, 11) is 3.93. The van der Waals surface area contributed by atoms with E-state index in [4.69, 9.17) is 18.9 Å². The largest absolute Gasteiger partial charge is 0.488 e. The van der Waals surface area contributed by atoms with E-state index >= 15 is 0 Å². The second-order valence-electron chi connectivity index (χ2n) is 7.96. The van der Waals surface area contributed by atoms with Crippen LogP contribution in [0.2, 0.25) is 0 Å². The number of ether oxygens (including phenoxy) is 4. The maximum Gasteiger partial charge on any atom is 0.411 e. The molecule has 1 saturated heterocycles. The highest BCUT2D eigenvalue weighted by Crippen LogP contribution is 2.27. The Balaban J connectivity index is 2.29. The molecular formula is C21H28N2O8. The molecule has 0 aromatic heterocycles. The van der Waals surface area contributed by atoms with Gasteiger partial charge in [0.1, 0.15) is 23.5 Å². The molecule has 10 nitrogen and oxygen atoms in total. The molecule has 0 radical (unpaired) electrons. The summed E-state index contributed by atoms with van der Waals surface area (Å²) in [4.78, 5) is 50.1. The fourth-order valence-corrected chi connectivity index (χ4v) is 3.14. The van der Waals surface area contributed by atoms with Crippen LogP contribution in [0.3, 0.4) is 0 Å². The summed E-state index contributed by atoms with van der Waals surface area (Å²) in [6.07, 6.45) is -1.10. The summed E-state index contributed by atoms with van der Waals surface area (Å²) in [5.74, 6) is -1.41. The first kappa shape index (κ1) is 24.0. The Morgan fingerprint density at radius 2 is 1.68 bits per heavy atom. The quantitative estimate of drug-likeness (QED) is 0.548. The van der Waals surface area contributed by atoms with Gasteiger partial charge >= 0.3 is 18.0 Å². The van der Waals surface area contributed by atoms with E-state index < -0.39 is 41.7 Å². The van der Waals surface area contributed by atoms with E-state index in [-0.39, 0.29) is 29.8 Å². The average Bonchev–Trinajstić information content (AvgIpc) is 3.14. The third-order valence-corrected chi connectivity index (χ3v) is 4.48. The zero-order chi connectivity index (χ0) is 23.3. The van der Waals surface area contributed by atoms with Gasteiger partial charge in [0.15, 0.2) is 0 Å². The second kappa shape index (κ2) is 9.67. The summed E-state index contributed by atoms with van der Waals surface area (Å²) < 4.78 is 20.9. The smallest absolute Gasteiger partial charge is 0.411 e. The number of esters is 2. The van der Waals surface area contributed by atoms with E-state index in [2.05, 4.69) is 5.32 Å². The zero-order valence-corrected chi connectivity index (χ0v) is 18.5. The Labute approximate surface area is 180 Å². The third kappa shape index (κ3) is 6.09. The van der Waals surface area contributed by atoms with Crippen molar-refractivity contribution in [1.29, 1.82) is 0 Å². The van der Waals surface area contributed by atoms with E-state index in [1.807, 2.05) is 0 Å². The molecular weight excluding hydrogens is 408 g/mol. The molecule has 0 aliphatic carbocycles. The number of amides is 2. The van der Waals surface area contributed by atoms with Gasteiger partial charge in [0, 0.05) is 19.0 Å².